The molecule has 0 radical (unpaired) electrons. The van der Waals surface area contributed by atoms with Crippen molar-refractivity contribution in [1.82, 2.24) is 0 Å². The maximum atomic E-state index is 9.55. The summed E-state index contributed by atoms with van der Waals surface area (Å²) in [6.07, 6.45) is 0. The third-order valence-corrected chi connectivity index (χ3v) is 3.20. The molecule has 0 bridgehead atoms. The van der Waals surface area contributed by atoms with E-state index >= 15 is 0 Å². The minimum atomic E-state index is 0.340. The van der Waals surface area contributed by atoms with Crippen LogP contribution in [0.1, 0.15) is 0 Å². The summed E-state index contributed by atoms with van der Waals surface area (Å²) in [4.78, 5) is 0. The van der Waals surface area contributed by atoms with Crippen LogP contribution >= 0.6 is 22.6 Å². The van der Waals surface area contributed by atoms with Gasteiger partial charge in [0.05, 0.1) is 3.57 Å². The molecule has 0 atom stereocenters. The smallest absolute Gasteiger partial charge is 0.129 e. The van der Waals surface area contributed by atoms with Gasteiger partial charge in [-0.05, 0) is 39.8 Å². The quantitative estimate of drug-likeness (QED) is 0.796. The fourth-order valence-electron chi connectivity index (χ4n) is 1.36. The van der Waals surface area contributed by atoms with Crippen LogP contribution in [0, 0.1) is 3.57 Å². The van der Waals surface area contributed by atoms with Crippen molar-refractivity contribution in [2.24, 2.45) is 0 Å². The van der Waals surface area contributed by atoms with Gasteiger partial charge in [-0.2, -0.15) is 0 Å². The molecule has 0 aromatic heterocycles. The number of hydrogen-bond acceptors (Lipinski definition) is 1. The van der Waals surface area contributed by atoms with Crippen molar-refractivity contribution < 1.29 is 5.11 Å². The molecule has 0 fully saturated rings. The Morgan fingerprint density at radius 1 is 0.857 bits per heavy atom. The number of aromatic hydroxyl groups is 1. The molecule has 70 valence electrons. The van der Waals surface area contributed by atoms with E-state index in [2.05, 4.69) is 22.6 Å². The Bertz CT molecular complexity index is 437. The van der Waals surface area contributed by atoms with E-state index < -0.39 is 0 Å². The third-order valence-electron chi connectivity index (χ3n) is 2.06. The van der Waals surface area contributed by atoms with Gasteiger partial charge in [-0.1, -0.05) is 42.5 Å². The second-order valence-electron chi connectivity index (χ2n) is 3.00. The zero-order valence-corrected chi connectivity index (χ0v) is 9.60. The molecule has 2 aromatic carbocycles. The van der Waals surface area contributed by atoms with Crippen LogP contribution in [0.2, 0.25) is 0 Å². The Balaban J connectivity index is 2.58. The topological polar surface area (TPSA) is 20.2 Å². The van der Waals surface area contributed by atoms with E-state index in [1.807, 2.05) is 42.5 Å². The van der Waals surface area contributed by atoms with Crippen molar-refractivity contribution in [3.63, 3.8) is 0 Å². The van der Waals surface area contributed by atoms with Crippen LogP contribution in [-0.4, -0.2) is 5.11 Å². The summed E-state index contributed by atoms with van der Waals surface area (Å²) in [6.45, 7) is 0. The van der Waals surface area contributed by atoms with Gasteiger partial charge in [0, 0.05) is 0 Å². The Morgan fingerprint density at radius 3 is 2.29 bits per heavy atom. The van der Waals surface area contributed by atoms with Gasteiger partial charge in [-0.15, -0.1) is 0 Å². The van der Waals surface area contributed by atoms with Gasteiger partial charge < -0.3 is 5.11 Å². The van der Waals surface area contributed by atoms with Crippen molar-refractivity contribution in [2.75, 3.05) is 0 Å². The number of benzene rings is 2. The number of rotatable bonds is 1. The Hall–Kier alpha value is -1.03. The first-order valence-electron chi connectivity index (χ1n) is 4.32. The average Bonchev–Trinajstić information content (AvgIpc) is 2.23. The molecule has 0 unspecified atom stereocenters. The predicted octanol–water partition coefficient (Wildman–Crippen LogP) is 3.66. The van der Waals surface area contributed by atoms with E-state index in [9.17, 15) is 5.11 Å². The zero-order chi connectivity index (χ0) is 9.97. The highest BCUT2D eigenvalue weighted by atomic mass is 127. The highest BCUT2D eigenvalue weighted by molar-refractivity contribution is 14.1. The second-order valence-corrected chi connectivity index (χ2v) is 4.08. The highest BCUT2D eigenvalue weighted by Gasteiger charge is 2.05. The Kier molecular flexibility index (Phi) is 2.72. The normalized spacial score (nSPS) is 10.1. The molecule has 0 saturated heterocycles. The van der Waals surface area contributed by atoms with Crippen molar-refractivity contribution in [3.05, 3.63) is 52.1 Å². The number of halogens is 1. The lowest BCUT2D eigenvalue weighted by Crippen LogP contribution is -1.82. The summed E-state index contributed by atoms with van der Waals surface area (Å²) >= 11 is 2.16. The summed E-state index contributed by atoms with van der Waals surface area (Å²) in [5.41, 5.74) is 2.21. The van der Waals surface area contributed by atoms with Crippen LogP contribution < -0.4 is 0 Å². The van der Waals surface area contributed by atoms with Gasteiger partial charge in [0.2, 0.25) is 0 Å². The lowest BCUT2D eigenvalue weighted by Gasteiger charge is -2.05. The zero-order valence-electron chi connectivity index (χ0n) is 7.44. The van der Waals surface area contributed by atoms with Crippen LogP contribution in [0.4, 0.5) is 0 Å². The van der Waals surface area contributed by atoms with Crippen LogP contribution in [-0.2, 0) is 0 Å². The summed E-state index contributed by atoms with van der Waals surface area (Å²) < 4.78 is 0.899. The molecule has 0 aliphatic rings. The minimum Gasteiger partial charge on any atom is -0.507 e. The van der Waals surface area contributed by atoms with Crippen molar-refractivity contribution in [3.8, 4) is 16.9 Å². The van der Waals surface area contributed by atoms with Crippen LogP contribution in [0.3, 0.4) is 0 Å². The molecule has 14 heavy (non-hydrogen) atoms. The van der Waals surface area contributed by atoms with E-state index in [1.54, 1.807) is 6.07 Å². The van der Waals surface area contributed by atoms with Gasteiger partial charge >= 0.3 is 0 Å². The first kappa shape index (κ1) is 9.52. The molecule has 0 saturated carbocycles. The molecule has 0 aliphatic heterocycles. The lowest BCUT2D eigenvalue weighted by molar-refractivity contribution is 0.472. The molecule has 2 rings (SSSR count). The first-order chi connectivity index (χ1) is 6.79. The first-order valence-corrected chi connectivity index (χ1v) is 5.40. The molecule has 0 heterocycles. The number of hydrogen-bond donors (Lipinski definition) is 1. The molecule has 0 aliphatic carbocycles. The molecule has 0 spiro atoms. The van der Waals surface area contributed by atoms with E-state index in [4.69, 9.17) is 0 Å². The average molecular weight is 296 g/mol. The largest absolute Gasteiger partial charge is 0.507 e. The third kappa shape index (κ3) is 1.75. The highest BCUT2D eigenvalue weighted by Crippen LogP contribution is 2.30. The van der Waals surface area contributed by atoms with Gasteiger partial charge in [0.1, 0.15) is 5.75 Å². The molecule has 1 nitrogen and oxygen atoms in total. The van der Waals surface area contributed by atoms with Gasteiger partial charge in [-0.3, -0.25) is 0 Å². The van der Waals surface area contributed by atoms with E-state index in [0.29, 0.717) is 5.75 Å². The maximum absolute atomic E-state index is 9.55. The summed E-state index contributed by atoms with van der Waals surface area (Å²) in [5, 5.41) is 9.55. The number of phenols is 1. The fourth-order valence-corrected chi connectivity index (χ4v) is 2.03. The Labute approximate surface area is 96.5 Å². The van der Waals surface area contributed by atoms with E-state index in [0.717, 1.165) is 14.7 Å². The Morgan fingerprint density at radius 2 is 1.57 bits per heavy atom. The van der Waals surface area contributed by atoms with Gasteiger partial charge in [0.15, 0.2) is 0 Å². The van der Waals surface area contributed by atoms with Crippen LogP contribution in [0.5, 0.6) is 5.75 Å². The predicted molar refractivity (Wildman–Crippen MR) is 66.3 cm³/mol. The monoisotopic (exact) mass is 296 g/mol. The molecular weight excluding hydrogens is 287 g/mol. The minimum absolute atomic E-state index is 0.340. The van der Waals surface area contributed by atoms with Crippen LogP contribution in [0.25, 0.3) is 11.1 Å². The SMILES string of the molecule is Oc1cccc(-c2ccccc2)c1I. The van der Waals surface area contributed by atoms with E-state index in [-0.39, 0.29) is 0 Å². The summed E-state index contributed by atoms with van der Waals surface area (Å²) in [7, 11) is 0. The van der Waals surface area contributed by atoms with E-state index in [1.165, 1.54) is 0 Å². The molecular formula is C12H9IO. The lowest BCUT2D eigenvalue weighted by atomic mass is 10.1. The molecule has 2 heteroatoms. The van der Waals surface area contributed by atoms with Gasteiger partial charge in [0.25, 0.3) is 0 Å². The maximum Gasteiger partial charge on any atom is 0.129 e. The van der Waals surface area contributed by atoms with Gasteiger partial charge in [-0.25, -0.2) is 0 Å². The van der Waals surface area contributed by atoms with Crippen molar-refractivity contribution in [2.45, 2.75) is 0 Å². The fraction of sp³-hybridized carbons (Fsp3) is 0. The molecule has 1 N–H and O–H groups in total. The number of phenolic OH excluding ortho intramolecular Hbond substituents is 1. The standard InChI is InChI=1S/C12H9IO/c13-12-10(7-4-8-11(12)14)9-5-2-1-3-6-9/h1-8,14H. The summed E-state index contributed by atoms with van der Waals surface area (Å²) in [6, 6.07) is 15.6. The van der Waals surface area contributed by atoms with Crippen molar-refractivity contribution >= 4 is 22.6 Å². The molecule has 2 aromatic rings. The summed E-state index contributed by atoms with van der Waals surface area (Å²) in [5.74, 6) is 0.340. The second kappa shape index (κ2) is 4.00. The van der Waals surface area contributed by atoms with Crippen LogP contribution in [0.15, 0.2) is 48.5 Å². The molecule has 0 amide bonds. The van der Waals surface area contributed by atoms with Crippen molar-refractivity contribution in [1.29, 1.82) is 0 Å².